The molecule has 0 saturated heterocycles. The molecule has 2 rings (SSSR count). The van der Waals surface area contributed by atoms with E-state index in [9.17, 15) is 5.11 Å². The Labute approximate surface area is 87.3 Å². The van der Waals surface area contributed by atoms with Gasteiger partial charge in [0.2, 0.25) is 0 Å². The second-order valence-corrected chi connectivity index (χ2v) is 5.22. The van der Waals surface area contributed by atoms with Gasteiger partial charge in [-0.1, -0.05) is 0 Å². The highest BCUT2D eigenvalue weighted by Gasteiger charge is 2.34. The summed E-state index contributed by atoms with van der Waals surface area (Å²) < 4.78 is 0. The normalized spacial score (nSPS) is 36.0. The molecule has 2 fully saturated rings. The van der Waals surface area contributed by atoms with Crippen molar-refractivity contribution in [3.8, 4) is 0 Å². The molecule has 1 N–H and O–H groups in total. The van der Waals surface area contributed by atoms with E-state index in [1.54, 1.807) is 0 Å². The molecule has 0 amide bonds. The molecule has 14 heavy (non-hydrogen) atoms. The van der Waals surface area contributed by atoms with Crippen molar-refractivity contribution in [2.45, 2.75) is 63.6 Å². The van der Waals surface area contributed by atoms with Crippen molar-refractivity contribution in [1.29, 1.82) is 0 Å². The van der Waals surface area contributed by atoms with E-state index < -0.39 is 0 Å². The van der Waals surface area contributed by atoms with Gasteiger partial charge in [-0.25, -0.2) is 0 Å². The van der Waals surface area contributed by atoms with Crippen LogP contribution in [0.15, 0.2) is 0 Å². The molecular weight excluding hydrogens is 174 g/mol. The molecule has 2 heteroatoms. The lowest BCUT2D eigenvalue weighted by molar-refractivity contribution is 0.0537. The quantitative estimate of drug-likeness (QED) is 0.748. The monoisotopic (exact) mass is 197 g/mol. The van der Waals surface area contributed by atoms with Crippen LogP contribution in [0, 0.1) is 5.92 Å². The van der Waals surface area contributed by atoms with Gasteiger partial charge in [0.1, 0.15) is 0 Å². The molecule has 3 atom stereocenters. The van der Waals surface area contributed by atoms with E-state index in [2.05, 4.69) is 18.9 Å². The molecule has 0 bridgehead atoms. The van der Waals surface area contributed by atoms with E-state index >= 15 is 0 Å². The van der Waals surface area contributed by atoms with Crippen LogP contribution in [0.3, 0.4) is 0 Å². The Balaban J connectivity index is 1.85. The summed E-state index contributed by atoms with van der Waals surface area (Å²) in [4.78, 5) is 2.51. The number of rotatable bonds is 3. The molecule has 2 aliphatic rings. The average Bonchev–Trinajstić information content (AvgIpc) is 2.99. The van der Waals surface area contributed by atoms with Crippen LogP contribution in [0.25, 0.3) is 0 Å². The Morgan fingerprint density at radius 1 is 1.21 bits per heavy atom. The van der Waals surface area contributed by atoms with Crippen LogP contribution in [0.4, 0.5) is 0 Å². The second kappa shape index (κ2) is 4.19. The maximum atomic E-state index is 9.64. The molecule has 2 aliphatic carbocycles. The number of hydrogen-bond donors (Lipinski definition) is 1. The SMILES string of the molecule is CC(C1CC1)N(C)C1CCCC(O)C1. The first-order chi connectivity index (χ1) is 6.68. The highest BCUT2D eigenvalue weighted by molar-refractivity contribution is 4.88. The molecule has 0 aromatic rings. The fourth-order valence-electron chi connectivity index (χ4n) is 2.75. The van der Waals surface area contributed by atoms with Crippen molar-refractivity contribution < 1.29 is 5.11 Å². The molecule has 0 heterocycles. The molecule has 0 aromatic heterocycles. The van der Waals surface area contributed by atoms with Crippen molar-refractivity contribution in [3.63, 3.8) is 0 Å². The summed E-state index contributed by atoms with van der Waals surface area (Å²) in [6.45, 7) is 2.35. The molecule has 0 spiro atoms. The van der Waals surface area contributed by atoms with Crippen LogP contribution in [0.1, 0.15) is 45.4 Å². The van der Waals surface area contributed by atoms with E-state index in [0.29, 0.717) is 6.04 Å². The summed E-state index contributed by atoms with van der Waals surface area (Å²) in [6.07, 6.45) is 7.29. The molecule has 82 valence electrons. The average molecular weight is 197 g/mol. The lowest BCUT2D eigenvalue weighted by atomic mass is 9.91. The number of aliphatic hydroxyl groups excluding tert-OH is 1. The summed E-state index contributed by atoms with van der Waals surface area (Å²) in [7, 11) is 2.24. The van der Waals surface area contributed by atoms with Gasteiger partial charge in [-0.15, -0.1) is 0 Å². The van der Waals surface area contributed by atoms with Gasteiger partial charge in [-0.2, -0.15) is 0 Å². The number of nitrogens with zero attached hydrogens (tertiary/aromatic N) is 1. The summed E-state index contributed by atoms with van der Waals surface area (Å²) in [5.74, 6) is 0.944. The van der Waals surface area contributed by atoms with Gasteiger partial charge in [0, 0.05) is 12.1 Å². The predicted octanol–water partition coefficient (Wildman–Crippen LogP) is 2.02. The topological polar surface area (TPSA) is 23.5 Å². The van der Waals surface area contributed by atoms with Crippen LogP contribution in [0.5, 0.6) is 0 Å². The maximum Gasteiger partial charge on any atom is 0.0555 e. The van der Waals surface area contributed by atoms with Crippen LogP contribution in [-0.4, -0.2) is 35.2 Å². The van der Waals surface area contributed by atoms with Gasteiger partial charge >= 0.3 is 0 Å². The Morgan fingerprint density at radius 2 is 1.93 bits per heavy atom. The second-order valence-electron chi connectivity index (χ2n) is 5.22. The van der Waals surface area contributed by atoms with Crippen molar-refractivity contribution in [1.82, 2.24) is 4.90 Å². The lowest BCUT2D eigenvalue weighted by Crippen LogP contribution is -2.43. The van der Waals surface area contributed by atoms with E-state index in [4.69, 9.17) is 0 Å². The van der Waals surface area contributed by atoms with Gasteiger partial charge < -0.3 is 10.0 Å². The highest BCUT2D eigenvalue weighted by atomic mass is 16.3. The summed E-state index contributed by atoms with van der Waals surface area (Å²) in [6, 6.07) is 1.36. The summed E-state index contributed by atoms with van der Waals surface area (Å²) in [5.41, 5.74) is 0. The molecule has 2 saturated carbocycles. The predicted molar refractivity (Wildman–Crippen MR) is 58.2 cm³/mol. The van der Waals surface area contributed by atoms with Crippen LogP contribution >= 0.6 is 0 Å². The zero-order valence-electron chi connectivity index (χ0n) is 9.45. The Hall–Kier alpha value is -0.0800. The van der Waals surface area contributed by atoms with Gasteiger partial charge in [0.25, 0.3) is 0 Å². The fourth-order valence-corrected chi connectivity index (χ4v) is 2.75. The Kier molecular flexibility index (Phi) is 3.13. The minimum atomic E-state index is -0.0393. The number of aliphatic hydroxyl groups is 1. The van der Waals surface area contributed by atoms with E-state index in [0.717, 1.165) is 24.8 Å². The zero-order chi connectivity index (χ0) is 10.1. The van der Waals surface area contributed by atoms with Crippen molar-refractivity contribution >= 4 is 0 Å². The van der Waals surface area contributed by atoms with Gasteiger partial charge in [0.15, 0.2) is 0 Å². The first-order valence-electron chi connectivity index (χ1n) is 6.08. The smallest absolute Gasteiger partial charge is 0.0555 e. The fraction of sp³-hybridized carbons (Fsp3) is 1.00. The molecular formula is C12H23NO. The Morgan fingerprint density at radius 3 is 2.50 bits per heavy atom. The van der Waals surface area contributed by atoms with Crippen LogP contribution < -0.4 is 0 Å². The van der Waals surface area contributed by atoms with E-state index in [1.165, 1.54) is 25.7 Å². The first-order valence-corrected chi connectivity index (χ1v) is 6.08. The van der Waals surface area contributed by atoms with E-state index in [1.807, 2.05) is 0 Å². The highest BCUT2D eigenvalue weighted by Crippen LogP contribution is 2.36. The van der Waals surface area contributed by atoms with E-state index in [-0.39, 0.29) is 6.10 Å². The minimum absolute atomic E-state index is 0.0393. The maximum absolute atomic E-state index is 9.64. The largest absolute Gasteiger partial charge is 0.393 e. The Bertz CT molecular complexity index is 191. The molecule has 0 radical (unpaired) electrons. The van der Waals surface area contributed by atoms with Crippen LogP contribution in [0.2, 0.25) is 0 Å². The molecule has 0 aliphatic heterocycles. The zero-order valence-corrected chi connectivity index (χ0v) is 9.45. The third kappa shape index (κ3) is 2.29. The van der Waals surface area contributed by atoms with Crippen LogP contribution in [-0.2, 0) is 0 Å². The molecule has 0 aromatic carbocycles. The summed E-state index contributed by atoms with van der Waals surface area (Å²) >= 11 is 0. The van der Waals surface area contributed by atoms with Gasteiger partial charge in [-0.05, 0) is 58.4 Å². The van der Waals surface area contributed by atoms with Gasteiger partial charge in [-0.3, -0.25) is 0 Å². The van der Waals surface area contributed by atoms with Crippen molar-refractivity contribution in [2.75, 3.05) is 7.05 Å². The minimum Gasteiger partial charge on any atom is -0.393 e. The lowest BCUT2D eigenvalue weighted by Gasteiger charge is -2.37. The summed E-state index contributed by atoms with van der Waals surface area (Å²) in [5, 5.41) is 9.64. The third-order valence-electron chi connectivity index (χ3n) is 4.14. The standard InChI is InChI=1S/C12H23NO/c1-9(10-6-7-10)13(2)11-4-3-5-12(14)8-11/h9-12,14H,3-8H2,1-2H3. The van der Waals surface area contributed by atoms with Crippen molar-refractivity contribution in [3.05, 3.63) is 0 Å². The molecule has 3 unspecified atom stereocenters. The first kappa shape index (κ1) is 10.4. The van der Waals surface area contributed by atoms with Gasteiger partial charge in [0.05, 0.1) is 6.10 Å². The molecule has 2 nitrogen and oxygen atoms in total. The third-order valence-corrected chi connectivity index (χ3v) is 4.14. The van der Waals surface area contributed by atoms with Crippen molar-refractivity contribution in [2.24, 2.45) is 5.92 Å². The number of hydrogen-bond acceptors (Lipinski definition) is 2.